The Kier molecular flexibility index (Phi) is 5.66. The number of methoxy groups -OCH3 is 2. The van der Waals surface area contributed by atoms with Gasteiger partial charge in [0.1, 0.15) is 10.5 Å². The number of rotatable bonds is 6. The van der Waals surface area contributed by atoms with E-state index in [1.165, 1.54) is 14.2 Å². The van der Waals surface area contributed by atoms with Crippen LogP contribution in [0.15, 0.2) is 0 Å². The molecule has 0 rings (SSSR count). The molecule has 0 saturated carbocycles. The predicted molar refractivity (Wildman–Crippen MR) is 43.2 cm³/mol. The van der Waals surface area contributed by atoms with Crippen LogP contribution in [0.25, 0.3) is 0 Å². The molecular weight excluding hydrogens is 167 g/mol. The quantitative estimate of drug-likeness (QED) is 0.414. The molecule has 0 saturated heterocycles. The zero-order valence-corrected chi connectivity index (χ0v) is 9.22. The second kappa shape index (κ2) is 5.65. The van der Waals surface area contributed by atoms with Crippen molar-refractivity contribution in [3.05, 3.63) is 0 Å². The molecule has 0 spiro atoms. The molecule has 0 aliphatic heterocycles. The van der Waals surface area contributed by atoms with Gasteiger partial charge in [0.15, 0.2) is 5.79 Å². The number of hydrogen-bond donors (Lipinski definition) is 0. The average Bonchev–Trinajstić information content (AvgIpc) is 2.04. The summed E-state index contributed by atoms with van der Waals surface area (Å²) in [6.45, 7) is -0.164. The Morgan fingerprint density at radius 1 is 1.36 bits per heavy atom. The minimum absolute atomic E-state index is 0.211. The van der Waals surface area contributed by atoms with Crippen LogP contribution in [-0.4, -0.2) is 43.8 Å². The molecule has 0 heterocycles. The van der Waals surface area contributed by atoms with Gasteiger partial charge in [-0.2, -0.15) is 0 Å². The minimum atomic E-state index is -0.878. The first-order valence-electron chi connectivity index (χ1n) is 3.40. The summed E-state index contributed by atoms with van der Waals surface area (Å²) in [6.07, 6.45) is 0.211. The van der Waals surface area contributed by atoms with Crippen LogP contribution in [0.3, 0.4) is 0 Å². The van der Waals surface area contributed by atoms with Gasteiger partial charge in [0, 0.05) is 20.6 Å². The molecule has 0 aromatic rings. The topological polar surface area (TPSA) is 27.7 Å². The predicted octanol–water partition coefficient (Wildman–Crippen LogP) is -0.368. The molecule has 11 heavy (non-hydrogen) atoms. The lowest BCUT2D eigenvalue weighted by atomic mass is 10.2. The third kappa shape index (κ3) is 3.28. The summed E-state index contributed by atoms with van der Waals surface area (Å²) in [4.78, 5) is 0. The van der Waals surface area contributed by atoms with E-state index in [4.69, 9.17) is 13.9 Å². The van der Waals surface area contributed by atoms with E-state index < -0.39 is 12.5 Å². The van der Waals surface area contributed by atoms with Crippen LogP contribution in [0.2, 0.25) is 0 Å². The molecule has 0 aliphatic carbocycles. The van der Waals surface area contributed by atoms with Crippen LogP contribution >= 0.6 is 0 Å². The first kappa shape index (κ1) is 11.0. The van der Waals surface area contributed by atoms with Crippen molar-refractivity contribution in [3.8, 4) is 0 Å². The highest BCUT2D eigenvalue weighted by atomic mass is 28.2. The van der Waals surface area contributed by atoms with E-state index >= 15 is 0 Å². The van der Waals surface area contributed by atoms with Gasteiger partial charge in [0.05, 0.1) is 13.3 Å². The molecule has 0 amide bonds. The average molecular weight is 182 g/mol. The number of halogens is 1. The first-order chi connectivity index (χ1) is 5.24. The van der Waals surface area contributed by atoms with Crippen molar-refractivity contribution >= 4 is 10.5 Å². The second-order valence-corrected chi connectivity index (χ2v) is 2.77. The van der Waals surface area contributed by atoms with E-state index in [-0.39, 0.29) is 6.42 Å². The Labute approximate surface area is 69.4 Å². The maximum absolute atomic E-state index is 12.0. The Morgan fingerprint density at radius 2 is 1.91 bits per heavy atom. The molecule has 0 radical (unpaired) electrons. The molecule has 68 valence electrons. The Balaban J connectivity index is 3.96. The smallest absolute Gasteiger partial charge is 0.192 e. The molecule has 0 N–H and O–H groups in total. The fourth-order valence-corrected chi connectivity index (χ4v) is 1.28. The van der Waals surface area contributed by atoms with E-state index in [0.29, 0.717) is 17.1 Å². The van der Waals surface area contributed by atoms with Crippen LogP contribution in [0.5, 0.6) is 0 Å². The Bertz CT molecular complexity index is 89.8. The molecule has 0 atom stereocenters. The van der Waals surface area contributed by atoms with Gasteiger partial charge in [-0.25, -0.2) is 0 Å². The van der Waals surface area contributed by atoms with Crippen molar-refractivity contribution in [1.29, 1.82) is 0 Å². The van der Waals surface area contributed by atoms with Crippen LogP contribution in [0, 0.1) is 0 Å². The lowest BCUT2D eigenvalue weighted by Crippen LogP contribution is -2.39. The third-order valence-corrected chi connectivity index (χ3v) is 1.87. The number of alkyl halides is 1. The van der Waals surface area contributed by atoms with Crippen molar-refractivity contribution in [1.82, 2.24) is 0 Å². The third-order valence-electron chi connectivity index (χ3n) is 1.58. The fraction of sp³-hybridized carbons (Fsp3) is 1.00. The summed E-state index contributed by atoms with van der Waals surface area (Å²) in [5, 5.41) is 0. The van der Waals surface area contributed by atoms with Crippen molar-refractivity contribution < 1.29 is 18.3 Å². The van der Waals surface area contributed by atoms with Gasteiger partial charge < -0.3 is 13.9 Å². The van der Waals surface area contributed by atoms with E-state index in [2.05, 4.69) is 0 Å². The summed E-state index contributed by atoms with van der Waals surface area (Å²) in [5.74, 6) is -0.878. The summed E-state index contributed by atoms with van der Waals surface area (Å²) in [7, 11) is 3.58. The maximum atomic E-state index is 12.0. The molecule has 0 aliphatic rings. The highest BCUT2D eigenvalue weighted by Crippen LogP contribution is 2.16. The zero-order chi connectivity index (χ0) is 8.74. The van der Waals surface area contributed by atoms with Crippen molar-refractivity contribution in [2.75, 3.05) is 27.5 Å². The summed E-state index contributed by atoms with van der Waals surface area (Å²) in [6, 6.07) is 0. The molecule has 0 aromatic heterocycles. The SMILES string of the molecule is COC(CCF)(CO[SiH3])OC. The van der Waals surface area contributed by atoms with Gasteiger partial charge in [0.25, 0.3) is 0 Å². The summed E-state index contributed by atoms with van der Waals surface area (Å²) < 4.78 is 27.0. The standard InChI is InChI=1S/C6H15FO3Si/c1-8-6(9-2,3-4-7)5-10-11/h3-5H2,1-2,11H3. The number of hydrogen-bond acceptors (Lipinski definition) is 3. The lowest BCUT2D eigenvalue weighted by molar-refractivity contribution is -0.227. The normalized spacial score (nSPS) is 12.3. The van der Waals surface area contributed by atoms with E-state index in [1.54, 1.807) is 0 Å². The first-order valence-corrected chi connectivity index (χ1v) is 4.21. The zero-order valence-electron chi connectivity index (χ0n) is 7.22. The van der Waals surface area contributed by atoms with E-state index in [9.17, 15) is 4.39 Å². The van der Waals surface area contributed by atoms with Gasteiger partial charge in [-0.1, -0.05) is 0 Å². The molecule has 0 unspecified atom stereocenters. The molecule has 0 bridgehead atoms. The van der Waals surface area contributed by atoms with Gasteiger partial charge in [-0.05, 0) is 0 Å². The highest BCUT2D eigenvalue weighted by Gasteiger charge is 2.28. The monoisotopic (exact) mass is 182 g/mol. The minimum Gasteiger partial charge on any atom is -0.422 e. The van der Waals surface area contributed by atoms with Gasteiger partial charge in [0.2, 0.25) is 0 Å². The van der Waals surface area contributed by atoms with Gasteiger partial charge in [-0.3, -0.25) is 4.39 Å². The van der Waals surface area contributed by atoms with Crippen molar-refractivity contribution in [2.45, 2.75) is 12.2 Å². The summed E-state index contributed by atoms with van der Waals surface area (Å²) >= 11 is 0. The van der Waals surface area contributed by atoms with Crippen LogP contribution in [0.1, 0.15) is 6.42 Å². The molecular formula is C6H15FO3Si. The summed E-state index contributed by atoms with van der Waals surface area (Å²) in [5.41, 5.74) is 0. The molecule has 5 heteroatoms. The van der Waals surface area contributed by atoms with Crippen LogP contribution in [0.4, 0.5) is 4.39 Å². The lowest BCUT2D eigenvalue weighted by Gasteiger charge is -2.29. The van der Waals surface area contributed by atoms with Gasteiger partial charge >= 0.3 is 0 Å². The van der Waals surface area contributed by atoms with Crippen molar-refractivity contribution in [3.63, 3.8) is 0 Å². The maximum Gasteiger partial charge on any atom is 0.192 e. The highest BCUT2D eigenvalue weighted by molar-refractivity contribution is 5.97. The Morgan fingerprint density at radius 3 is 2.18 bits per heavy atom. The Hall–Kier alpha value is 0.0269. The second-order valence-electron chi connectivity index (χ2n) is 2.19. The van der Waals surface area contributed by atoms with Crippen LogP contribution < -0.4 is 0 Å². The molecule has 0 fully saturated rings. The van der Waals surface area contributed by atoms with Crippen molar-refractivity contribution in [2.24, 2.45) is 0 Å². The number of ether oxygens (including phenoxy) is 2. The van der Waals surface area contributed by atoms with Gasteiger partial charge in [-0.15, -0.1) is 0 Å². The molecule has 0 aromatic carbocycles. The molecule has 3 nitrogen and oxygen atoms in total. The van der Waals surface area contributed by atoms with Crippen LogP contribution in [-0.2, 0) is 13.9 Å². The van der Waals surface area contributed by atoms with E-state index in [0.717, 1.165) is 0 Å². The fourth-order valence-electron chi connectivity index (χ4n) is 0.841. The van der Waals surface area contributed by atoms with E-state index in [1.807, 2.05) is 0 Å². The largest absolute Gasteiger partial charge is 0.422 e.